The van der Waals surface area contributed by atoms with Crippen molar-refractivity contribution in [2.45, 2.75) is 24.6 Å². The lowest BCUT2D eigenvalue weighted by molar-refractivity contribution is -0.121. The molecule has 0 aromatic heterocycles. The van der Waals surface area contributed by atoms with Crippen molar-refractivity contribution in [3.8, 4) is 0 Å². The molecule has 0 aliphatic heterocycles. The van der Waals surface area contributed by atoms with Gasteiger partial charge in [-0.2, -0.15) is 0 Å². The maximum absolute atomic E-state index is 11.7. The molecule has 0 aromatic carbocycles. The van der Waals surface area contributed by atoms with Crippen molar-refractivity contribution in [2.75, 3.05) is 0 Å². The van der Waals surface area contributed by atoms with Gasteiger partial charge >= 0.3 is 0 Å². The van der Waals surface area contributed by atoms with E-state index in [4.69, 9.17) is 23.2 Å². The lowest BCUT2D eigenvalue weighted by atomic mass is 9.76. The first-order valence-electron chi connectivity index (χ1n) is 4.53. The van der Waals surface area contributed by atoms with Crippen LogP contribution in [0.25, 0.3) is 0 Å². The van der Waals surface area contributed by atoms with Crippen molar-refractivity contribution in [1.29, 1.82) is 0 Å². The van der Waals surface area contributed by atoms with Crippen LogP contribution in [0.4, 0.5) is 0 Å². The minimum atomic E-state index is -1.19. The summed E-state index contributed by atoms with van der Waals surface area (Å²) in [6.45, 7) is 4.12. The van der Waals surface area contributed by atoms with E-state index in [2.05, 4.69) is 13.8 Å². The fourth-order valence-corrected chi connectivity index (χ4v) is 3.45. The highest BCUT2D eigenvalue weighted by Crippen LogP contribution is 2.62. The number of fused-ring (bicyclic) bond motifs is 2. The molecule has 2 rings (SSSR count). The van der Waals surface area contributed by atoms with Gasteiger partial charge in [0.1, 0.15) is 0 Å². The number of ketones is 1. The van der Waals surface area contributed by atoms with Crippen LogP contribution in [0, 0.1) is 17.3 Å². The van der Waals surface area contributed by atoms with E-state index in [-0.39, 0.29) is 17.1 Å². The smallest absolute Gasteiger partial charge is 0.185 e. The fraction of sp³-hybridized carbons (Fsp3) is 0.700. The molecule has 0 aromatic rings. The molecule has 3 heteroatoms. The Morgan fingerprint density at radius 1 is 1.54 bits per heavy atom. The first kappa shape index (κ1) is 9.54. The summed E-state index contributed by atoms with van der Waals surface area (Å²) in [7, 11) is 0. The monoisotopic (exact) mass is 218 g/mol. The SMILES string of the molecule is CC(C)[C@]12C=C[C@H](C1)C(=O)C2(Cl)Cl. The molecule has 0 unspecified atom stereocenters. The Balaban J connectivity index is 2.51. The predicted octanol–water partition coefficient (Wildman–Crippen LogP) is 2.96. The molecule has 2 aliphatic rings. The van der Waals surface area contributed by atoms with Gasteiger partial charge in [0.25, 0.3) is 0 Å². The summed E-state index contributed by atoms with van der Waals surface area (Å²) in [5.74, 6) is 0.236. The lowest BCUT2D eigenvalue weighted by Crippen LogP contribution is -2.42. The highest BCUT2D eigenvalue weighted by Gasteiger charge is 2.64. The Morgan fingerprint density at radius 2 is 2.15 bits per heavy atom. The molecule has 13 heavy (non-hydrogen) atoms. The molecule has 0 amide bonds. The number of alkyl halides is 2. The number of carbonyl (C=O) groups excluding carboxylic acids is 1. The summed E-state index contributed by atoms with van der Waals surface area (Å²) in [6, 6.07) is 0. The third-order valence-corrected chi connectivity index (χ3v) is 4.52. The van der Waals surface area contributed by atoms with E-state index >= 15 is 0 Å². The summed E-state index contributed by atoms with van der Waals surface area (Å²) in [6.07, 6.45) is 4.77. The number of halogens is 2. The van der Waals surface area contributed by atoms with E-state index in [0.29, 0.717) is 5.92 Å². The number of Topliss-reactive ketones (excluding diaryl/α,β-unsaturated/α-hetero) is 1. The minimum Gasteiger partial charge on any atom is -0.296 e. The molecule has 0 radical (unpaired) electrons. The second-order valence-electron chi connectivity index (χ2n) is 4.30. The van der Waals surface area contributed by atoms with Gasteiger partial charge in [-0.3, -0.25) is 4.79 Å². The van der Waals surface area contributed by atoms with Crippen LogP contribution in [0.3, 0.4) is 0 Å². The largest absolute Gasteiger partial charge is 0.296 e. The van der Waals surface area contributed by atoms with Gasteiger partial charge in [0.05, 0.1) is 0 Å². The van der Waals surface area contributed by atoms with E-state index in [0.717, 1.165) is 6.42 Å². The summed E-state index contributed by atoms with van der Waals surface area (Å²) >= 11 is 12.3. The van der Waals surface area contributed by atoms with Gasteiger partial charge in [0.2, 0.25) is 0 Å². The average Bonchev–Trinajstić information content (AvgIpc) is 2.53. The molecule has 72 valence electrons. The van der Waals surface area contributed by atoms with E-state index in [9.17, 15) is 4.79 Å². The molecule has 2 bridgehead atoms. The van der Waals surface area contributed by atoms with Crippen LogP contribution in [-0.4, -0.2) is 10.1 Å². The third-order valence-electron chi connectivity index (χ3n) is 3.44. The molecule has 1 fully saturated rings. The van der Waals surface area contributed by atoms with Crippen molar-refractivity contribution < 1.29 is 4.79 Å². The molecule has 2 aliphatic carbocycles. The molecule has 2 atom stereocenters. The van der Waals surface area contributed by atoms with Crippen molar-refractivity contribution >= 4 is 29.0 Å². The number of allylic oxidation sites excluding steroid dienone is 2. The summed E-state index contributed by atoms with van der Waals surface area (Å²) in [4.78, 5) is 11.7. The van der Waals surface area contributed by atoms with Crippen LogP contribution in [0.1, 0.15) is 20.3 Å². The zero-order valence-corrected chi connectivity index (χ0v) is 9.19. The fourth-order valence-electron chi connectivity index (χ4n) is 2.45. The Morgan fingerprint density at radius 3 is 2.46 bits per heavy atom. The van der Waals surface area contributed by atoms with E-state index < -0.39 is 4.33 Å². The normalized spacial score (nSPS) is 40.7. The first-order chi connectivity index (χ1) is 5.92. The van der Waals surface area contributed by atoms with Crippen LogP contribution in [0.2, 0.25) is 0 Å². The van der Waals surface area contributed by atoms with Crippen LogP contribution < -0.4 is 0 Å². The molecule has 0 saturated heterocycles. The van der Waals surface area contributed by atoms with Crippen LogP contribution >= 0.6 is 23.2 Å². The molecule has 1 saturated carbocycles. The Hall–Kier alpha value is -0.0100. The maximum Gasteiger partial charge on any atom is 0.185 e. The highest BCUT2D eigenvalue weighted by molar-refractivity contribution is 6.60. The van der Waals surface area contributed by atoms with Crippen molar-refractivity contribution in [3.63, 3.8) is 0 Å². The van der Waals surface area contributed by atoms with E-state index in [1.54, 1.807) is 0 Å². The zero-order valence-electron chi connectivity index (χ0n) is 7.68. The second kappa shape index (κ2) is 2.52. The molecule has 1 nitrogen and oxygen atoms in total. The lowest BCUT2D eigenvalue weighted by Gasteiger charge is -2.37. The van der Waals surface area contributed by atoms with Gasteiger partial charge in [-0.05, 0) is 12.3 Å². The quantitative estimate of drug-likeness (QED) is 0.489. The number of carbonyl (C=O) groups is 1. The van der Waals surface area contributed by atoms with Crippen LogP contribution in [-0.2, 0) is 4.79 Å². The van der Waals surface area contributed by atoms with Gasteiger partial charge in [0.15, 0.2) is 10.1 Å². The number of hydrogen-bond acceptors (Lipinski definition) is 1. The van der Waals surface area contributed by atoms with Gasteiger partial charge in [-0.15, -0.1) is 0 Å². The van der Waals surface area contributed by atoms with Gasteiger partial charge in [-0.1, -0.05) is 49.2 Å². The summed E-state index contributed by atoms with van der Waals surface area (Å²) in [5, 5.41) is 0. The Labute approximate surface area is 88.1 Å². The predicted molar refractivity (Wildman–Crippen MR) is 54.0 cm³/mol. The van der Waals surface area contributed by atoms with Gasteiger partial charge in [0, 0.05) is 11.3 Å². The van der Waals surface area contributed by atoms with E-state index in [1.807, 2.05) is 12.2 Å². The second-order valence-corrected chi connectivity index (χ2v) is 5.63. The van der Waals surface area contributed by atoms with Crippen LogP contribution in [0.15, 0.2) is 12.2 Å². The average molecular weight is 219 g/mol. The first-order valence-corrected chi connectivity index (χ1v) is 5.29. The maximum atomic E-state index is 11.7. The zero-order chi connectivity index (χ0) is 9.85. The summed E-state index contributed by atoms with van der Waals surface area (Å²) in [5.41, 5.74) is -0.322. The van der Waals surface area contributed by atoms with Gasteiger partial charge in [-0.25, -0.2) is 0 Å². The third kappa shape index (κ3) is 0.924. The van der Waals surface area contributed by atoms with Crippen LogP contribution in [0.5, 0.6) is 0 Å². The Kier molecular flexibility index (Phi) is 1.85. The van der Waals surface area contributed by atoms with E-state index in [1.165, 1.54) is 0 Å². The van der Waals surface area contributed by atoms with Gasteiger partial charge < -0.3 is 0 Å². The number of rotatable bonds is 1. The molecule has 0 spiro atoms. The topological polar surface area (TPSA) is 17.1 Å². The standard InChI is InChI=1S/C10H12Cl2O/c1-6(2)9-4-3-7(5-9)8(13)10(9,11)12/h3-4,6-7H,5H2,1-2H3/t7-,9+/m1/s1. The number of hydrogen-bond donors (Lipinski definition) is 0. The molecule has 0 heterocycles. The minimum absolute atomic E-state index is 0.0213. The Bertz CT molecular complexity index is 293. The molecule has 0 N–H and O–H groups in total. The highest BCUT2D eigenvalue weighted by atomic mass is 35.5. The van der Waals surface area contributed by atoms with Crippen molar-refractivity contribution in [3.05, 3.63) is 12.2 Å². The molecular formula is C10H12Cl2O. The molecular weight excluding hydrogens is 207 g/mol. The summed E-state index contributed by atoms with van der Waals surface area (Å²) < 4.78 is -1.19. The van der Waals surface area contributed by atoms with Crippen molar-refractivity contribution in [1.82, 2.24) is 0 Å². The van der Waals surface area contributed by atoms with Crippen molar-refractivity contribution in [2.24, 2.45) is 17.3 Å².